The van der Waals surface area contributed by atoms with Crippen molar-refractivity contribution in [1.29, 1.82) is 0 Å². The van der Waals surface area contributed by atoms with Gasteiger partial charge in [-0.2, -0.15) is 0 Å². The van der Waals surface area contributed by atoms with Gasteiger partial charge in [0.15, 0.2) is 0 Å². The predicted octanol–water partition coefficient (Wildman–Crippen LogP) is 4.01. The van der Waals surface area contributed by atoms with E-state index in [1.807, 2.05) is 39.0 Å². The first-order valence-corrected chi connectivity index (χ1v) is 12.0. The van der Waals surface area contributed by atoms with Gasteiger partial charge in [-0.05, 0) is 62.1 Å². The predicted molar refractivity (Wildman–Crippen MR) is 122 cm³/mol. The van der Waals surface area contributed by atoms with Gasteiger partial charge in [-0.1, -0.05) is 36.7 Å². The largest absolute Gasteiger partial charge is 0.491 e. The lowest BCUT2D eigenvalue weighted by molar-refractivity contribution is -0.122. The number of carbonyl (C=O) groups is 1. The monoisotopic (exact) mass is 452 g/mol. The molecule has 164 valence electrons. The zero-order chi connectivity index (χ0) is 22.5. The summed E-state index contributed by atoms with van der Waals surface area (Å²) >= 11 is 6.18. The molecule has 30 heavy (non-hydrogen) atoms. The molecule has 0 saturated heterocycles. The molecule has 0 aliphatic heterocycles. The van der Waals surface area contributed by atoms with Crippen LogP contribution in [0.15, 0.2) is 36.4 Å². The molecule has 2 rings (SSSR count). The van der Waals surface area contributed by atoms with Crippen LogP contribution in [0.4, 0.5) is 5.69 Å². The number of rotatable bonds is 9. The molecule has 0 aromatic heterocycles. The molecule has 1 atom stereocenters. The van der Waals surface area contributed by atoms with Crippen molar-refractivity contribution in [2.75, 3.05) is 23.7 Å². The third-order valence-corrected chi connectivity index (χ3v) is 6.33. The van der Waals surface area contributed by atoms with Crippen LogP contribution in [0.5, 0.6) is 5.75 Å². The number of sulfonamides is 1. The van der Waals surface area contributed by atoms with Crippen molar-refractivity contribution in [3.8, 4) is 5.75 Å². The normalized spacial score (nSPS) is 12.3. The summed E-state index contributed by atoms with van der Waals surface area (Å²) in [6.07, 6.45) is 1.39. The van der Waals surface area contributed by atoms with E-state index in [1.54, 1.807) is 25.1 Å². The maximum atomic E-state index is 12.8. The zero-order valence-electron chi connectivity index (χ0n) is 18.0. The number of amides is 1. The van der Waals surface area contributed by atoms with Crippen molar-refractivity contribution in [1.82, 2.24) is 5.32 Å². The van der Waals surface area contributed by atoms with E-state index in [4.69, 9.17) is 16.3 Å². The first kappa shape index (κ1) is 24.0. The topological polar surface area (TPSA) is 75.7 Å². The molecular formula is C22H29ClN2O4S. The average molecular weight is 453 g/mol. The minimum absolute atomic E-state index is 0.259. The molecular weight excluding hydrogens is 424 g/mol. The average Bonchev–Trinajstić information content (AvgIpc) is 2.67. The van der Waals surface area contributed by atoms with Crippen LogP contribution in [0.3, 0.4) is 0 Å². The summed E-state index contributed by atoms with van der Waals surface area (Å²) in [4.78, 5) is 12.8. The van der Waals surface area contributed by atoms with E-state index in [0.717, 1.165) is 33.0 Å². The van der Waals surface area contributed by atoms with Crippen LogP contribution in [-0.4, -0.2) is 39.8 Å². The number of ether oxygens (including phenoxy) is 1. The summed E-state index contributed by atoms with van der Waals surface area (Å²) in [6.45, 7) is 8.08. The van der Waals surface area contributed by atoms with Crippen LogP contribution in [0.25, 0.3) is 0 Å². The first-order valence-electron chi connectivity index (χ1n) is 9.78. The highest BCUT2D eigenvalue weighted by molar-refractivity contribution is 7.92. The van der Waals surface area contributed by atoms with Crippen molar-refractivity contribution in [3.63, 3.8) is 0 Å². The molecule has 1 N–H and O–H groups in total. The van der Waals surface area contributed by atoms with Gasteiger partial charge < -0.3 is 10.1 Å². The molecule has 0 unspecified atom stereocenters. The fraction of sp³-hybridized carbons (Fsp3) is 0.409. The molecule has 0 fully saturated rings. The molecule has 1 amide bonds. The summed E-state index contributed by atoms with van der Waals surface area (Å²) in [6, 6.07) is 10.00. The number of nitrogens with zero attached hydrogens (tertiary/aromatic N) is 1. The van der Waals surface area contributed by atoms with Gasteiger partial charge in [-0.15, -0.1) is 0 Å². The van der Waals surface area contributed by atoms with E-state index in [1.165, 1.54) is 0 Å². The summed E-state index contributed by atoms with van der Waals surface area (Å²) in [5.74, 6) is 0.382. The van der Waals surface area contributed by atoms with Crippen molar-refractivity contribution in [3.05, 3.63) is 58.1 Å². The highest BCUT2D eigenvalue weighted by Crippen LogP contribution is 2.27. The van der Waals surface area contributed by atoms with Crippen molar-refractivity contribution in [2.45, 2.75) is 40.2 Å². The smallest absolute Gasteiger partial charge is 0.244 e. The number of hydrogen-bond donors (Lipinski definition) is 1. The Bertz CT molecular complexity index is 1010. The number of anilines is 1. The lowest BCUT2D eigenvalue weighted by Gasteiger charge is -2.30. The van der Waals surface area contributed by atoms with Gasteiger partial charge in [0.1, 0.15) is 18.4 Å². The van der Waals surface area contributed by atoms with Crippen LogP contribution in [-0.2, 0) is 14.8 Å². The van der Waals surface area contributed by atoms with Gasteiger partial charge in [0.05, 0.1) is 18.5 Å². The van der Waals surface area contributed by atoms with Crippen molar-refractivity contribution < 1.29 is 17.9 Å². The van der Waals surface area contributed by atoms with E-state index < -0.39 is 16.1 Å². The molecule has 6 nitrogen and oxygen atoms in total. The maximum absolute atomic E-state index is 12.8. The Labute approximate surface area is 184 Å². The number of carbonyl (C=O) groups excluding carboxylic acids is 1. The highest BCUT2D eigenvalue weighted by Gasteiger charge is 2.31. The van der Waals surface area contributed by atoms with E-state index in [0.29, 0.717) is 17.1 Å². The molecule has 0 radical (unpaired) electrons. The molecule has 0 aliphatic rings. The second-order valence-electron chi connectivity index (χ2n) is 7.32. The number of hydrogen-bond acceptors (Lipinski definition) is 4. The quantitative estimate of drug-likeness (QED) is 0.583. The van der Waals surface area contributed by atoms with E-state index >= 15 is 0 Å². The first-order chi connectivity index (χ1) is 14.0. The van der Waals surface area contributed by atoms with Crippen molar-refractivity contribution in [2.24, 2.45) is 0 Å². The Hall–Kier alpha value is -2.25. The van der Waals surface area contributed by atoms with E-state index in [9.17, 15) is 13.2 Å². The van der Waals surface area contributed by atoms with Crippen molar-refractivity contribution >= 4 is 33.2 Å². The fourth-order valence-corrected chi connectivity index (χ4v) is 4.47. The standard InChI is InChI=1S/C22H29ClN2O4S/c1-6-20(25(30(5,27)28)18-10-9-16(3)19(23)14-18)22(26)24-11-12-29-21-13-15(2)7-8-17(21)4/h7-10,13-14,20H,6,11-12H2,1-5H3,(H,24,26)/t20-/m0/s1. The number of nitrogens with one attached hydrogen (secondary N) is 1. The Kier molecular flexibility index (Phi) is 8.15. The van der Waals surface area contributed by atoms with E-state index in [-0.39, 0.29) is 19.1 Å². The lowest BCUT2D eigenvalue weighted by Crippen LogP contribution is -2.50. The number of aryl methyl sites for hydroxylation is 3. The highest BCUT2D eigenvalue weighted by atomic mass is 35.5. The molecule has 0 saturated carbocycles. The van der Waals surface area contributed by atoms with Gasteiger partial charge in [0, 0.05) is 5.02 Å². The second kappa shape index (κ2) is 10.2. The van der Waals surface area contributed by atoms with Crippen LogP contribution in [0, 0.1) is 20.8 Å². The van der Waals surface area contributed by atoms with Gasteiger partial charge in [0.2, 0.25) is 15.9 Å². The zero-order valence-corrected chi connectivity index (χ0v) is 19.6. The third kappa shape index (κ3) is 6.12. The molecule has 2 aromatic rings. The fourth-order valence-electron chi connectivity index (χ4n) is 3.09. The van der Waals surface area contributed by atoms with Gasteiger partial charge in [-0.25, -0.2) is 8.42 Å². The SMILES string of the molecule is CC[C@@H](C(=O)NCCOc1cc(C)ccc1C)N(c1ccc(C)c(Cl)c1)S(C)(=O)=O. The molecule has 0 bridgehead atoms. The lowest BCUT2D eigenvalue weighted by atomic mass is 10.1. The second-order valence-corrected chi connectivity index (χ2v) is 9.59. The summed E-state index contributed by atoms with van der Waals surface area (Å²) in [5.41, 5.74) is 3.29. The molecule has 0 heterocycles. The molecule has 8 heteroatoms. The van der Waals surface area contributed by atoms with Crippen LogP contribution >= 0.6 is 11.6 Å². The maximum Gasteiger partial charge on any atom is 0.244 e. The van der Waals surface area contributed by atoms with Crippen LogP contribution in [0.1, 0.15) is 30.0 Å². The Morgan fingerprint density at radius 3 is 2.40 bits per heavy atom. The third-order valence-electron chi connectivity index (χ3n) is 4.74. The minimum atomic E-state index is -3.71. The van der Waals surface area contributed by atoms with Gasteiger partial charge in [0.25, 0.3) is 0 Å². The van der Waals surface area contributed by atoms with E-state index in [2.05, 4.69) is 5.32 Å². The van der Waals surface area contributed by atoms with Gasteiger partial charge in [-0.3, -0.25) is 9.10 Å². The Morgan fingerprint density at radius 1 is 1.13 bits per heavy atom. The molecule has 0 spiro atoms. The Morgan fingerprint density at radius 2 is 1.80 bits per heavy atom. The molecule has 0 aliphatic carbocycles. The van der Waals surface area contributed by atoms with Crippen LogP contribution < -0.4 is 14.4 Å². The molecule has 2 aromatic carbocycles. The Balaban J connectivity index is 2.10. The number of halogens is 1. The summed E-state index contributed by atoms with van der Waals surface area (Å²) in [5, 5.41) is 3.23. The minimum Gasteiger partial charge on any atom is -0.491 e. The summed E-state index contributed by atoms with van der Waals surface area (Å²) in [7, 11) is -3.71. The number of benzene rings is 2. The van der Waals surface area contributed by atoms with Crippen LogP contribution in [0.2, 0.25) is 5.02 Å². The van der Waals surface area contributed by atoms with Gasteiger partial charge >= 0.3 is 0 Å². The summed E-state index contributed by atoms with van der Waals surface area (Å²) < 4.78 is 31.9.